The molecule has 1 aromatic heterocycles. The van der Waals surface area contributed by atoms with E-state index in [1.807, 2.05) is 11.0 Å². The average molecular weight is 270 g/mol. The average Bonchev–Trinajstić information content (AvgIpc) is 3.02. The molecule has 1 N–H and O–H groups in total. The number of likely N-dealkylation sites (tertiary alicyclic amines) is 1. The van der Waals surface area contributed by atoms with E-state index >= 15 is 0 Å². The molecule has 0 radical (unpaired) electrons. The molecule has 20 heavy (non-hydrogen) atoms. The number of hydrogen-bond donors (Lipinski definition) is 1. The third-order valence-electron chi connectivity index (χ3n) is 4.09. The van der Waals surface area contributed by atoms with Crippen molar-refractivity contribution in [1.82, 2.24) is 20.3 Å². The van der Waals surface area contributed by atoms with E-state index in [4.69, 9.17) is 0 Å². The van der Waals surface area contributed by atoms with Gasteiger partial charge in [0.05, 0.1) is 6.20 Å². The van der Waals surface area contributed by atoms with E-state index in [1.54, 1.807) is 0 Å². The molecule has 1 atom stereocenters. The van der Waals surface area contributed by atoms with Gasteiger partial charge >= 0.3 is 0 Å². The highest BCUT2D eigenvalue weighted by molar-refractivity contribution is 5.92. The maximum atomic E-state index is 12.4. The smallest absolute Gasteiger partial charge is 0.276 e. The molecule has 0 spiro atoms. The summed E-state index contributed by atoms with van der Waals surface area (Å²) in [4.78, 5) is 14.3. The predicted octanol–water partition coefficient (Wildman–Crippen LogP) is 2.00. The first kappa shape index (κ1) is 12.8. The van der Waals surface area contributed by atoms with Crippen LogP contribution in [0.5, 0.6) is 0 Å². The fraction of sp³-hybridized carbons (Fsp3) is 0.400. The van der Waals surface area contributed by atoms with Gasteiger partial charge < -0.3 is 4.90 Å². The van der Waals surface area contributed by atoms with Crippen LogP contribution in [0, 0.1) is 0 Å². The van der Waals surface area contributed by atoms with Gasteiger partial charge in [0.2, 0.25) is 0 Å². The summed E-state index contributed by atoms with van der Waals surface area (Å²) < 4.78 is 0. The van der Waals surface area contributed by atoms with Crippen LogP contribution in [0.3, 0.4) is 0 Å². The first-order valence-corrected chi connectivity index (χ1v) is 6.90. The van der Waals surface area contributed by atoms with Gasteiger partial charge in [-0.25, -0.2) is 0 Å². The molecule has 0 saturated carbocycles. The Hall–Kier alpha value is -2.17. The van der Waals surface area contributed by atoms with Gasteiger partial charge in [-0.15, -0.1) is 0 Å². The number of nitrogens with zero attached hydrogens (tertiary/aromatic N) is 3. The summed E-state index contributed by atoms with van der Waals surface area (Å²) in [7, 11) is 0. The fourth-order valence-electron chi connectivity index (χ4n) is 2.96. The van der Waals surface area contributed by atoms with Crippen LogP contribution < -0.4 is 0 Å². The van der Waals surface area contributed by atoms with Crippen molar-refractivity contribution in [3.63, 3.8) is 0 Å². The minimum Gasteiger partial charge on any atom is -0.336 e. The molecular weight excluding hydrogens is 252 g/mol. The Balaban J connectivity index is 1.82. The highest BCUT2D eigenvalue weighted by Gasteiger charge is 2.35. The second-order valence-electron chi connectivity index (χ2n) is 5.61. The van der Waals surface area contributed by atoms with Gasteiger partial charge in [0, 0.05) is 18.5 Å². The number of H-pyrrole nitrogens is 1. The second kappa shape index (κ2) is 5.07. The Bertz CT molecular complexity index is 581. The first-order valence-electron chi connectivity index (χ1n) is 6.90. The van der Waals surface area contributed by atoms with Gasteiger partial charge in [-0.1, -0.05) is 37.3 Å². The van der Waals surface area contributed by atoms with Crippen molar-refractivity contribution < 1.29 is 4.79 Å². The van der Waals surface area contributed by atoms with Crippen LogP contribution in [0.4, 0.5) is 0 Å². The highest BCUT2D eigenvalue weighted by Crippen LogP contribution is 2.33. The van der Waals surface area contributed by atoms with Crippen LogP contribution in [-0.2, 0) is 5.41 Å². The molecule has 0 aliphatic carbocycles. The van der Waals surface area contributed by atoms with Gasteiger partial charge in [0.15, 0.2) is 5.69 Å². The standard InChI is InChI=1S/C15H18N4O/c1-15(12-6-3-2-4-7-12)8-5-9-19(11-15)14(20)13-10-16-18-17-13/h2-4,6-7,10H,5,8-9,11H2,1H3,(H,16,17,18)/t15-/m0/s1. The van der Waals surface area contributed by atoms with E-state index in [-0.39, 0.29) is 11.3 Å². The van der Waals surface area contributed by atoms with Crippen molar-refractivity contribution in [2.24, 2.45) is 0 Å². The van der Waals surface area contributed by atoms with Gasteiger partial charge in [0.25, 0.3) is 5.91 Å². The lowest BCUT2D eigenvalue weighted by Crippen LogP contribution is -2.47. The van der Waals surface area contributed by atoms with E-state index in [1.165, 1.54) is 11.8 Å². The van der Waals surface area contributed by atoms with Crippen LogP contribution >= 0.6 is 0 Å². The molecule has 0 unspecified atom stereocenters. The van der Waals surface area contributed by atoms with Crippen molar-refractivity contribution >= 4 is 5.91 Å². The third-order valence-corrected chi connectivity index (χ3v) is 4.09. The zero-order valence-corrected chi connectivity index (χ0v) is 11.5. The number of carbonyl (C=O) groups excluding carboxylic acids is 1. The maximum absolute atomic E-state index is 12.4. The lowest BCUT2D eigenvalue weighted by Gasteiger charge is -2.40. The summed E-state index contributed by atoms with van der Waals surface area (Å²) in [6.07, 6.45) is 3.59. The van der Waals surface area contributed by atoms with Crippen molar-refractivity contribution in [3.8, 4) is 0 Å². The molecule has 1 fully saturated rings. The second-order valence-corrected chi connectivity index (χ2v) is 5.61. The number of rotatable bonds is 2. The molecule has 1 aliphatic rings. The SMILES string of the molecule is C[C@]1(c2ccccc2)CCCN(C(=O)c2cn[nH]n2)C1. The quantitative estimate of drug-likeness (QED) is 0.908. The van der Waals surface area contributed by atoms with E-state index in [0.29, 0.717) is 5.69 Å². The number of piperidine rings is 1. The summed E-state index contributed by atoms with van der Waals surface area (Å²) in [6.45, 7) is 3.74. The number of carbonyl (C=O) groups is 1. The summed E-state index contributed by atoms with van der Waals surface area (Å²) >= 11 is 0. The van der Waals surface area contributed by atoms with E-state index in [2.05, 4.69) is 46.6 Å². The lowest BCUT2D eigenvalue weighted by molar-refractivity contribution is 0.0645. The maximum Gasteiger partial charge on any atom is 0.276 e. The molecule has 0 bridgehead atoms. The normalized spacial score (nSPS) is 22.8. The number of amides is 1. The summed E-state index contributed by atoms with van der Waals surface area (Å²) in [6, 6.07) is 10.4. The topological polar surface area (TPSA) is 61.9 Å². The number of aromatic nitrogens is 3. The molecule has 2 aromatic rings. The highest BCUT2D eigenvalue weighted by atomic mass is 16.2. The number of aromatic amines is 1. The summed E-state index contributed by atoms with van der Waals surface area (Å²) in [5, 5.41) is 10.1. The molecule has 1 aromatic carbocycles. The Labute approximate surface area is 118 Å². The van der Waals surface area contributed by atoms with Gasteiger partial charge in [-0.3, -0.25) is 4.79 Å². The van der Waals surface area contributed by atoms with Crippen LogP contribution in [0.2, 0.25) is 0 Å². The molecular formula is C15H18N4O. The van der Waals surface area contributed by atoms with Crippen molar-refractivity contribution in [2.45, 2.75) is 25.2 Å². The number of hydrogen-bond acceptors (Lipinski definition) is 3. The number of benzene rings is 1. The molecule has 2 heterocycles. The lowest BCUT2D eigenvalue weighted by atomic mass is 9.76. The van der Waals surface area contributed by atoms with E-state index in [9.17, 15) is 4.79 Å². The minimum atomic E-state index is -0.0411. The molecule has 1 saturated heterocycles. The number of nitrogens with one attached hydrogen (secondary N) is 1. The Kier molecular flexibility index (Phi) is 3.26. The molecule has 3 rings (SSSR count). The fourth-order valence-corrected chi connectivity index (χ4v) is 2.96. The van der Waals surface area contributed by atoms with Crippen LogP contribution in [0.1, 0.15) is 35.8 Å². The van der Waals surface area contributed by atoms with Crippen molar-refractivity contribution in [1.29, 1.82) is 0 Å². The summed E-state index contributed by atoms with van der Waals surface area (Å²) in [5.41, 5.74) is 1.69. The largest absolute Gasteiger partial charge is 0.336 e. The Morgan fingerprint density at radius 1 is 1.35 bits per heavy atom. The Morgan fingerprint density at radius 3 is 2.85 bits per heavy atom. The van der Waals surface area contributed by atoms with E-state index < -0.39 is 0 Å². The molecule has 5 nitrogen and oxygen atoms in total. The van der Waals surface area contributed by atoms with Crippen molar-refractivity contribution in [2.75, 3.05) is 13.1 Å². The summed E-state index contributed by atoms with van der Waals surface area (Å²) in [5.74, 6) is -0.0411. The third kappa shape index (κ3) is 2.31. The molecule has 1 aliphatic heterocycles. The van der Waals surface area contributed by atoms with Crippen LogP contribution in [0.15, 0.2) is 36.5 Å². The molecule has 104 valence electrons. The monoisotopic (exact) mass is 270 g/mol. The van der Waals surface area contributed by atoms with Crippen LogP contribution in [0.25, 0.3) is 0 Å². The zero-order chi connectivity index (χ0) is 14.0. The Morgan fingerprint density at radius 2 is 2.15 bits per heavy atom. The molecule has 1 amide bonds. The predicted molar refractivity (Wildman–Crippen MR) is 75.3 cm³/mol. The zero-order valence-electron chi connectivity index (χ0n) is 11.5. The first-order chi connectivity index (χ1) is 9.69. The van der Waals surface area contributed by atoms with Crippen molar-refractivity contribution in [3.05, 3.63) is 47.8 Å². The van der Waals surface area contributed by atoms with Gasteiger partial charge in [-0.2, -0.15) is 15.4 Å². The minimum absolute atomic E-state index is 0.0128. The molecule has 5 heteroatoms. The van der Waals surface area contributed by atoms with Gasteiger partial charge in [-0.05, 0) is 18.4 Å². The van der Waals surface area contributed by atoms with Crippen LogP contribution in [-0.4, -0.2) is 39.3 Å². The van der Waals surface area contributed by atoms with Gasteiger partial charge in [0.1, 0.15) is 0 Å². The van der Waals surface area contributed by atoms with E-state index in [0.717, 1.165) is 25.9 Å².